The van der Waals surface area contributed by atoms with E-state index in [4.69, 9.17) is 17.0 Å². The molecule has 23 heavy (non-hydrogen) atoms. The fourth-order valence-electron chi connectivity index (χ4n) is 2.43. The quantitative estimate of drug-likeness (QED) is 0.648. The molecule has 120 valence electrons. The van der Waals surface area contributed by atoms with E-state index in [0.717, 1.165) is 33.8 Å². The van der Waals surface area contributed by atoms with Crippen LogP contribution < -0.4 is 10.6 Å². The third-order valence-corrected chi connectivity index (χ3v) is 4.92. The van der Waals surface area contributed by atoms with Crippen LogP contribution in [0.4, 0.5) is 5.00 Å². The normalized spacial score (nSPS) is 13.5. The number of thiocarbonyl (C=S) groups is 1. The Bertz CT molecular complexity index is 737. The molecular weight excluding hydrogens is 328 g/mol. The van der Waals surface area contributed by atoms with Gasteiger partial charge in [0.15, 0.2) is 5.11 Å². The highest BCUT2D eigenvalue weighted by atomic mass is 32.1. The summed E-state index contributed by atoms with van der Waals surface area (Å²) in [5, 5.41) is 7.68. The molecule has 1 aromatic heterocycles. The summed E-state index contributed by atoms with van der Waals surface area (Å²) in [5.41, 5.74) is 2.44. The number of thiophene rings is 1. The third-order valence-electron chi connectivity index (χ3n) is 3.68. The molecule has 1 aliphatic carbocycles. The van der Waals surface area contributed by atoms with E-state index in [0.29, 0.717) is 16.7 Å². The second kappa shape index (κ2) is 6.68. The highest BCUT2D eigenvalue weighted by Gasteiger charge is 2.26. The minimum absolute atomic E-state index is 0.357. The largest absolute Gasteiger partial charge is 0.465 e. The Morgan fingerprint density at radius 1 is 1.30 bits per heavy atom. The molecule has 1 aliphatic rings. The molecule has 0 atom stereocenters. The van der Waals surface area contributed by atoms with Crippen molar-refractivity contribution >= 4 is 39.6 Å². The lowest BCUT2D eigenvalue weighted by atomic mass is 10.0. The summed E-state index contributed by atoms with van der Waals surface area (Å²) < 4.78 is 4.99. The van der Waals surface area contributed by atoms with Crippen LogP contribution in [0.3, 0.4) is 0 Å². The Balaban J connectivity index is 1.98. The van der Waals surface area contributed by atoms with Gasteiger partial charge >= 0.3 is 5.97 Å². The lowest BCUT2D eigenvalue weighted by Crippen LogP contribution is -2.30. The van der Waals surface area contributed by atoms with Gasteiger partial charge in [0.25, 0.3) is 0 Å². The van der Waals surface area contributed by atoms with Crippen LogP contribution in [0.2, 0.25) is 0 Å². The van der Waals surface area contributed by atoms with Crippen LogP contribution in [-0.2, 0) is 4.74 Å². The van der Waals surface area contributed by atoms with E-state index in [-0.39, 0.29) is 5.97 Å². The fraction of sp³-hybridized carbons (Fsp3) is 0.294. The van der Waals surface area contributed by atoms with Crippen molar-refractivity contribution in [1.29, 1.82) is 0 Å². The number of aryl methyl sites for hydroxylation is 1. The number of esters is 1. The topological polar surface area (TPSA) is 50.4 Å². The van der Waals surface area contributed by atoms with Crippen molar-refractivity contribution in [2.24, 2.45) is 0 Å². The van der Waals surface area contributed by atoms with Gasteiger partial charge in [-0.25, -0.2) is 4.79 Å². The lowest BCUT2D eigenvalue weighted by molar-refractivity contribution is 0.0603. The molecule has 1 fully saturated rings. The lowest BCUT2D eigenvalue weighted by Gasteiger charge is -2.10. The van der Waals surface area contributed by atoms with Gasteiger partial charge in [0.1, 0.15) is 10.6 Å². The van der Waals surface area contributed by atoms with Gasteiger partial charge < -0.3 is 15.4 Å². The van der Waals surface area contributed by atoms with Gasteiger partial charge in [0, 0.05) is 16.5 Å². The molecular formula is C17H18N2O2S2. The molecule has 4 nitrogen and oxygen atoms in total. The van der Waals surface area contributed by atoms with Crippen molar-refractivity contribution in [2.75, 3.05) is 12.4 Å². The van der Waals surface area contributed by atoms with Crippen molar-refractivity contribution in [2.45, 2.75) is 25.8 Å². The van der Waals surface area contributed by atoms with Crippen molar-refractivity contribution in [3.05, 3.63) is 40.8 Å². The summed E-state index contributed by atoms with van der Waals surface area (Å²) in [6, 6.07) is 10.3. The molecule has 1 saturated carbocycles. The highest BCUT2D eigenvalue weighted by molar-refractivity contribution is 7.80. The summed E-state index contributed by atoms with van der Waals surface area (Å²) >= 11 is 6.85. The van der Waals surface area contributed by atoms with Crippen molar-refractivity contribution in [3.8, 4) is 11.1 Å². The first kappa shape index (κ1) is 16.0. The van der Waals surface area contributed by atoms with Crippen LogP contribution in [0, 0.1) is 6.92 Å². The average molecular weight is 346 g/mol. The number of hydrogen-bond donors (Lipinski definition) is 2. The molecule has 0 unspecified atom stereocenters. The van der Waals surface area contributed by atoms with Gasteiger partial charge in [-0.3, -0.25) is 0 Å². The second-order valence-corrected chi connectivity index (χ2v) is 7.10. The predicted molar refractivity (Wildman–Crippen MR) is 98.2 cm³/mol. The maximum Gasteiger partial charge on any atom is 0.341 e. The number of anilines is 1. The van der Waals surface area contributed by atoms with Crippen LogP contribution in [-0.4, -0.2) is 24.2 Å². The minimum Gasteiger partial charge on any atom is -0.465 e. The molecule has 1 aromatic carbocycles. The van der Waals surface area contributed by atoms with Crippen LogP contribution >= 0.6 is 23.6 Å². The van der Waals surface area contributed by atoms with E-state index in [1.807, 2.05) is 37.3 Å². The maximum absolute atomic E-state index is 12.3. The zero-order chi connectivity index (χ0) is 16.4. The average Bonchev–Trinajstić information content (AvgIpc) is 3.29. The standard InChI is InChI=1S/C17H18N2O2S2/c1-10-13(11-6-4-3-5-7-11)14(16(20)21-2)15(23-10)19-17(22)18-12-8-9-12/h3-7,12H,8-9H2,1-2H3,(H2,18,19,22). The molecule has 2 N–H and O–H groups in total. The number of rotatable bonds is 4. The van der Waals surface area contributed by atoms with Crippen LogP contribution in [0.25, 0.3) is 11.1 Å². The van der Waals surface area contributed by atoms with Crippen molar-refractivity contribution < 1.29 is 9.53 Å². The van der Waals surface area contributed by atoms with Gasteiger partial charge in [-0.1, -0.05) is 30.3 Å². The molecule has 3 rings (SSSR count). The fourth-order valence-corrected chi connectivity index (χ4v) is 3.84. The van der Waals surface area contributed by atoms with Gasteiger partial charge in [-0.15, -0.1) is 11.3 Å². The molecule has 0 saturated heterocycles. The Hall–Kier alpha value is -1.92. The van der Waals surface area contributed by atoms with Crippen molar-refractivity contribution in [1.82, 2.24) is 5.32 Å². The Kier molecular flexibility index (Phi) is 4.63. The van der Waals surface area contributed by atoms with Gasteiger partial charge in [0.05, 0.1) is 7.11 Å². The zero-order valence-electron chi connectivity index (χ0n) is 13.0. The van der Waals surface area contributed by atoms with E-state index in [1.54, 1.807) is 0 Å². The molecule has 0 bridgehead atoms. The number of carbonyl (C=O) groups excluding carboxylic acids is 1. The summed E-state index contributed by atoms with van der Waals surface area (Å²) in [7, 11) is 1.40. The molecule has 0 aliphatic heterocycles. The second-order valence-electron chi connectivity index (χ2n) is 5.47. The maximum atomic E-state index is 12.3. The monoisotopic (exact) mass is 346 g/mol. The third kappa shape index (κ3) is 3.54. The molecule has 6 heteroatoms. The first-order chi connectivity index (χ1) is 11.1. The number of carbonyl (C=O) groups is 1. The van der Waals surface area contributed by atoms with E-state index >= 15 is 0 Å². The van der Waals surface area contributed by atoms with E-state index in [1.165, 1.54) is 18.4 Å². The number of ether oxygens (including phenoxy) is 1. The molecule has 0 amide bonds. The Morgan fingerprint density at radius 3 is 2.61 bits per heavy atom. The van der Waals surface area contributed by atoms with Crippen LogP contribution in [0.1, 0.15) is 28.1 Å². The predicted octanol–water partition coefficient (Wildman–Crippen LogP) is 3.96. The van der Waals surface area contributed by atoms with Gasteiger partial charge in [0.2, 0.25) is 0 Å². The molecule has 2 aromatic rings. The number of nitrogens with one attached hydrogen (secondary N) is 2. The minimum atomic E-state index is -0.357. The van der Waals surface area contributed by atoms with E-state index < -0.39 is 0 Å². The molecule has 0 spiro atoms. The summed E-state index contributed by atoms with van der Waals surface area (Å²) in [4.78, 5) is 13.4. The summed E-state index contributed by atoms with van der Waals surface area (Å²) in [5.74, 6) is -0.357. The molecule has 1 heterocycles. The first-order valence-corrected chi connectivity index (χ1v) is 8.67. The van der Waals surface area contributed by atoms with E-state index in [9.17, 15) is 4.79 Å². The summed E-state index contributed by atoms with van der Waals surface area (Å²) in [6.07, 6.45) is 2.29. The molecule has 0 radical (unpaired) electrons. The Labute approximate surface area is 144 Å². The Morgan fingerprint density at radius 2 is 2.00 bits per heavy atom. The first-order valence-electron chi connectivity index (χ1n) is 7.44. The number of hydrogen-bond acceptors (Lipinski definition) is 4. The van der Waals surface area contributed by atoms with Crippen molar-refractivity contribution in [3.63, 3.8) is 0 Å². The van der Waals surface area contributed by atoms with Crippen LogP contribution in [0.5, 0.6) is 0 Å². The highest BCUT2D eigenvalue weighted by Crippen LogP contribution is 2.40. The smallest absolute Gasteiger partial charge is 0.341 e. The summed E-state index contributed by atoms with van der Waals surface area (Å²) in [6.45, 7) is 2.00. The van der Waals surface area contributed by atoms with Crippen LogP contribution in [0.15, 0.2) is 30.3 Å². The zero-order valence-corrected chi connectivity index (χ0v) is 14.6. The van der Waals surface area contributed by atoms with Gasteiger partial charge in [-0.05, 0) is 37.5 Å². The van der Waals surface area contributed by atoms with E-state index in [2.05, 4.69) is 10.6 Å². The number of benzene rings is 1. The van der Waals surface area contributed by atoms with Gasteiger partial charge in [-0.2, -0.15) is 0 Å². The number of methoxy groups -OCH3 is 1. The SMILES string of the molecule is COC(=O)c1c(NC(=S)NC2CC2)sc(C)c1-c1ccccc1.